The summed E-state index contributed by atoms with van der Waals surface area (Å²) in [7, 11) is 0. The molecule has 0 amide bonds. The van der Waals surface area contributed by atoms with Crippen LogP contribution < -0.4 is 10.6 Å². The van der Waals surface area contributed by atoms with Gasteiger partial charge in [0.05, 0.1) is 0 Å². The molecule has 0 unspecified atom stereocenters. The molecule has 1 aromatic heterocycles. The predicted octanol–water partition coefficient (Wildman–Crippen LogP) is 6.33. The molecule has 0 aromatic carbocycles. The molecule has 0 fully saturated rings. The van der Waals surface area contributed by atoms with Gasteiger partial charge in [-0.3, -0.25) is 0 Å². The van der Waals surface area contributed by atoms with Crippen LogP contribution in [-0.4, -0.2) is 23.1 Å². The van der Waals surface area contributed by atoms with Gasteiger partial charge in [0.25, 0.3) is 0 Å². The molecule has 4 heteroatoms. The van der Waals surface area contributed by atoms with E-state index in [-0.39, 0.29) is 0 Å². The first-order valence-electron chi connectivity index (χ1n) is 10.6. The van der Waals surface area contributed by atoms with E-state index in [0.717, 1.165) is 30.5 Å². The minimum absolute atomic E-state index is 0.763. The van der Waals surface area contributed by atoms with Gasteiger partial charge in [-0.15, -0.1) is 0 Å². The van der Waals surface area contributed by atoms with E-state index >= 15 is 0 Å². The van der Waals surface area contributed by atoms with E-state index in [1.54, 1.807) is 0 Å². The van der Waals surface area contributed by atoms with Crippen molar-refractivity contribution < 1.29 is 0 Å². The minimum atomic E-state index is 0.763. The zero-order valence-corrected chi connectivity index (χ0v) is 16.9. The molecule has 0 bridgehead atoms. The van der Waals surface area contributed by atoms with E-state index in [2.05, 4.69) is 34.4 Å². The van der Waals surface area contributed by atoms with Crippen LogP contribution in [0.25, 0.3) is 0 Å². The van der Waals surface area contributed by atoms with Crippen molar-refractivity contribution in [3.63, 3.8) is 0 Å². The lowest BCUT2D eigenvalue weighted by Gasteiger charge is -2.10. The molecule has 0 aliphatic rings. The Bertz CT molecular complexity index is 398. The van der Waals surface area contributed by atoms with Gasteiger partial charge in [-0.2, -0.15) is 4.98 Å². The van der Waals surface area contributed by atoms with E-state index in [4.69, 9.17) is 0 Å². The van der Waals surface area contributed by atoms with Crippen LogP contribution in [0.5, 0.6) is 0 Å². The first kappa shape index (κ1) is 21.7. The highest BCUT2D eigenvalue weighted by Crippen LogP contribution is 2.11. The number of hydrogen-bond donors (Lipinski definition) is 2. The molecular weight excluding hydrogens is 308 g/mol. The standard InChI is InChI=1S/C21H40N4/c1-4-6-8-10-12-14-16-22-20-18-19(3)24-21(25-20)23-17-15-13-11-9-7-5-2/h18H,4-17H2,1-3H3,(H2,22,23,24,25). The lowest BCUT2D eigenvalue weighted by atomic mass is 10.1. The summed E-state index contributed by atoms with van der Waals surface area (Å²) in [5.41, 5.74) is 1.02. The topological polar surface area (TPSA) is 49.8 Å². The van der Waals surface area contributed by atoms with Gasteiger partial charge in [0, 0.05) is 24.8 Å². The van der Waals surface area contributed by atoms with Crippen molar-refractivity contribution >= 4 is 11.8 Å². The predicted molar refractivity (Wildman–Crippen MR) is 111 cm³/mol. The number of aryl methyl sites for hydroxylation is 1. The second kappa shape index (κ2) is 15.0. The first-order valence-corrected chi connectivity index (χ1v) is 10.6. The normalized spacial score (nSPS) is 10.8. The average Bonchev–Trinajstić information content (AvgIpc) is 2.60. The van der Waals surface area contributed by atoms with Crippen LogP contribution in [0, 0.1) is 6.92 Å². The molecule has 1 rings (SSSR count). The maximum atomic E-state index is 4.59. The molecular formula is C21H40N4. The van der Waals surface area contributed by atoms with Crippen LogP contribution in [0.3, 0.4) is 0 Å². The fourth-order valence-electron chi connectivity index (χ4n) is 2.97. The molecule has 2 N–H and O–H groups in total. The van der Waals surface area contributed by atoms with Gasteiger partial charge in [-0.1, -0.05) is 78.1 Å². The van der Waals surface area contributed by atoms with Crippen molar-refractivity contribution in [3.8, 4) is 0 Å². The first-order chi connectivity index (χ1) is 12.3. The number of nitrogens with zero attached hydrogens (tertiary/aromatic N) is 2. The van der Waals surface area contributed by atoms with E-state index in [1.807, 2.05) is 13.0 Å². The van der Waals surface area contributed by atoms with Crippen LogP contribution in [0.4, 0.5) is 11.8 Å². The summed E-state index contributed by atoms with van der Waals surface area (Å²) in [4.78, 5) is 9.09. The highest BCUT2D eigenvalue weighted by atomic mass is 15.1. The molecule has 25 heavy (non-hydrogen) atoms. The van der Waals surface area contributed by atoms with Crippen molar-refractivity contribution in [2.24, 2.45) is 0 Å². The van der Waals surface area contributed by atoms with E-state index in [1.165, 1.54) is 77.0 Å². The fraction of sp³-hybridized carbons (Fsp3) is 0.810. The van der Waals surface area contributed by atoms with Gasteiger partial charge in [-0.05, 0) is 19.8 Å². The van der Waals surface area contributed by atoms with Crippen LogP contribution in [0.15, 0.2) is 6.07 Å². The highest BCUT2D eigenvalue weighted by Gasteiger charge is 2.02. The average molecular weight is 349 g/mol. The minimum Gasteiger partial charge on any atom is -0.370 e. The summed E-state index contributed by atoms with van der Waals surface area (Å²) in [6.45, 7) is 8.52. The number of aromatic nitrogens is 2. The Morgan fingerprint density at radius 3 is 1.80 bits per heavy atom. The highest BCUT2D eigenvalue weighted by molar-refractivity contribution is 5.42. The van der Waals surface area contributed by atoms with E-state index in [9.17, 15) is 0 Å². The summed E-state index contributed by atoms with van der Waals surface area (Å²) in [6.07, 6.45) is 15.8. The Labute approximate surface area is 155 Å². The molecule has 0 saturated heterocycles. The second-order valence-electron chi connectivity index (χ2n) is 7.11. The summed E-state index contributed by atoms with van der Waals surface area (Å²) in [5.74, 6) is 1.71. The van der Waals surface area contributed by atoms with Crippen molar-refractivity contribution in [2.75, 3.05) is 23.7 Å². The van der Waals surface area contributed by atoms with Gasteiger partial charge < -0.3 is 10.6 Å². The second-order valence-corrected chi connectivity index (χ2v) is 7.11. The Kier molecular flexibility index (Phi) is 13.0. The summed E-state index contributed by atoms with van der Waals surface area (Å²) < 4.78 is 0. The molecule has 0 saturated carbocycles. The number of nitrogens with one attached hydrogen (secondary N) is 2. The SMILES string of the molecule is CCCCCCCCNc1cc(C)nc(NCCCCCCCC)n1. The zero-order valence-electron chi connectivity index (χ0n) is 16.9. The smallest absolute Gasteiger partial charge is 0.224 e. The maximum Gasteiger partial charge on any atom is 0.224 e. The Balaban J connectivity index is 2.19. The molecule has 0 aliphatic carbocycles. The largest absolute Gasteiger partial charge is 0.370 e. The number of unbranched alkanes of at least 4 members (excludes halogenated alkanes) is 10. The van der Waals surface area contributed by atoms with Crippen LogP contribution in [0.1, 0.15) is 96.6 Å². The third-order valence-corrected chi connectivity index (χ3v) is 4.50. The third-order valence-electron chi connectivity index (χ3n) is 4.50. The van der Waals surface area contributed by atoms with Crippen molar-refractivity contribution in [1.29, 1.82) is 0 Å². The van der Waals surface area contributed by atoms with Crippen LogP contribution >= 0.6 is 0 Å². The molecule has 1 heterocycles. The van der Waals surface area contributed by atoms with Gasteiger partial charge >= 0.3 is 0 Å². The lowest BCUT2D eigenvalue weighted by molar-refractivity contribution is 0.616. The van der Waals surface area contributed by atoms with Gasteiger partial charge in [0.2, 0.25) is 5.95 Å². The van der Waals surface area contributed by atoms with Crippen molar-refractivity contribution in [3.05, 3.63) is 11.8 Å². The summed E-state index contributed by atoms with van der Waals surface area (Å²) >= 11 is 0. The Morgan fingerprint density at radius 1 is 0.680 bits per heavy atom. The molecule has 0 radical (unpaired) electrons. The van der Waals surface area contributed by atoms with Gasteiger partial charge in [0.1, 0.15) is 5.82 Å². The maximum absolute atomic E-state index is 4.59. The van der Waals surface area contributed by atoms with Gasteiger partial charge in [-0.25, -0.2) is 4.98 Å². The number of anilines is 2. The molecule has 144 valence electrons. The molecule has 0 spiro atoms. The van der Waals surface area contributed by atoms with Crippen molar-refractivity contribution in [2.45, 2.75) is 97.8 Å². The van der Waals surface area contributed by atoms with E-state index < -0.39 is 0 Å². The molecule has 0 aliphatic heterocycles. The van der Waals surface area contributed by atoms with E-state index in [0.29, 0.717) is 0 Å². The van der Waals surface area contributed by atoms with Crippen LogP contribution in [-0.2, 0) is 0 Å². The monoisotopic (exact) mass is 348 g/mol. The zero-order chi connectivity index (χ0) is 18.2. The number of rotatable bonds is 16. The molecule has 0 atom stereocenters. The molecule has 4 nitrogen and oxygen atoms in total. The van der Waals surface area contributed by atoms with Crippen LogP contribution in [0.2, 0.25) is 0 Å². The Hall–Kier alpha value is -1.32. The molecule has 1 aromatic rings. The number of hydrogen-bond acceptors (Lipinski definition) is 4. The van der Waals surface area contributed by atoms with Gasteiger partial charge in [0.15, 0.2) is 0 Å². The van der Waals surface area contributed by atoms with Crippen molar-refractivity contribution in [1.82, 2.24) is 9.97 Å². The third kappa shape index (κ3) is 11.8. The summed E-state index contributed by atoms with van der Waals surface area (Å²) in [5, 5.41) is 6.83. The Morgan fingerprint density at radius 2 is 1.20 bits per heavy atom. The quantitative estimate of drug-likeness (QED) is 0.343. The lowest BCUT2D eigenvalue weighted by Crippen LogP contribution is -2.09. The summed E-state index contributed by atoms with van der Waals surface area (Å²) in [6, 6.07) is 2.03. The fourth-order valence-corrected chi connectivity index (χ4v) is 2.97.